The molecule has 1 aliphatic rings. The van der Waals surface area contributed by atoms with Crippen LogP contribution in [0.5, 0.6) is 5.75 Å². The molecule has 2 heterocycles. The molecule has 0 amide bonds. The predicted molar refractivity (Wildman–Crippen MR) is 85.9 cm³/mol. The molecule has 0 saturated carbocycles. The second-order valence-corrected chi connectivity index (χ2v) is 7.34. The molecule has 1 aromatic heterocycles. The molecule has 1 unspecified atom stereocenters. The quantitative estimate of drug-likeness (QED) is 0.943. The number of fused-ring (bicyclic) bond motifs is 1. The largest absolute Gasteiger partial charge is 0.497 e. The van der Waals surface area contributed by atoms with Gasteiger partial charge in [0, 0.05) is 6.04 Å². The first-order valence-corrected chi connectivity index (χ1v) is 8.19. The van der Waals surface area contributed by atoms with Gasteiger partial charge in [-0.25, -0.2) is 4.98 Å². The third-order valence-corrected chi connectivity index (χ3v) is 5.16. The van der Waals surface area contributed by atoms with E-state index in [4.69, 9.17) is 9.72 Å². The van der Waals surface area contributed by atoms with E-state index in [9.17, 15) is 5.11 Å². The van der Waals surface area contributed by atoms with Gasteiger partial charge in [-0.15, -0.1) is 11.3 Å². The summed E-state index contributed by atoms with van der Waals surface area (Å²) in [4.78, 5) is 7.06. The lowest BCUT2D eigenvalue weighted by molar-refractivity contribution is -0.00501. The fourth-order valence-electron chi connectivity index (χ4n) is 3.14. The number of aromatic nitrogens is 1. The van der Waals surface area contributed by atoms with Crippen LogP contribution in [-0.4, -0.2) is 40.3 Å². The average Bonchev–Trinajstić information content (AvgIpc) is 3.03. The molecular formula is C16H22N2O2S. The minimum atomic E-state index is -0.656. The SMILES string of the molecule is COc1ccc2nc(CN3CCCC3C(C)(C)O)sc2c1. The number of methoxy groups -OCH3 is 1. The summed E-state index contributed by atoms with van der Waals surface area (Å²) in [6.07, 6.45) is 2.20. The molecule has 1 aromatic carbocycles. The third-order valence-electron chi connectivity index (χ3n) is 4.16. The van der Waals surface area contributed by atoms with Gasteiger partial charge in [-0.2, -0.15) is 0 Å². The lowest BCUT2D eigenvalue weighted by Gasteiger charge is -2.33. The maximum absolute atomic E-state index is 10.3. The minimum absolute atomic E-state index is 0.221. The highest BCUT2D eigenvalue weighted by Gasteiger charge is 2.36. The summed E-state index contributed by atoms with van der Waals surface area (Å²) >= 11 is 1.71. The van der Waals surface area contributed by atoms with Crippen LogP contribution in [0.3, 0.4) is 0 Å². The van der Waals surface area contributed by atoms with Crippen molar-refractivity contribution in [1.29, 1.82) is 0 Å². The second kappa shape index (κ2) is 5.55. The number of aliphatic hydroxyl groups is 1. The normalized spacial score (nSPS) is 20.3. The monoisotopic (exact) mass is 306 g/mol. The smallest absolute Gasteiger partial charge is 0.120 e. The summed E-state index contributed by atoms with van der Waals surface area (Å²) < 4.78 is 6.42. The van der Waals surface area contributed by atoms with Crippen LogP contribution in [-0.2, 0) is 6.54 Å². The summed E-state index contributed by atoms with van der Waals surface area (Å²) in [5.74, 6) is 0.869. The number of likely N-dealkylation sites (tertiary alicyclic amines) is 1. The van der Waals surface area contributed by atoms with Crippen LogP contribution in [0.2, 0.25) is 0 Å². The van der Waals surface area contributed by atoms with Crippen LogP contribution in [0.25, 0.3) is 10.2 Å². The summed E-state index contributed by atoms with van der Waals surface area (Å²) in [5.41, 5.74) is 0.367. The first-order valence-electron chi connectivity index (χ1n) is 7.37. The first kappa shape index (κ1) is 14.8. The van der Waals surface area contributed by atoms with Crippen LogP contribution < -0.4 is 4.74 Å². The van der Waals surface area contributed by atoms with E-state index in [-0.39, 0.29) is 6.04 Å². The van der Waals surface area contributed by atoms with Gasteiger partial charge < -0.3 is 9.84 Å². The van der Waals surface area contributed by atoms with E-state index >= 15 is 0 Å². The fraction of sp³-hybridized carbons (Fsp3) is 0.562. The highest BCUT2D eigenvalue weighted by atomic mass is 32.1. The fourth-order valence-corrected chi connectivity index (χ4v) is 4.16. The Bertz CT molecular complexity index is 633. The van der Waals surface area contributed by atoms with Crippen molar-refractivity contribution in [3.05, 3.63) is 23.2 Å². The van der Waals surface area contributed by atoms with Crippen molar-refractivity contribution in [1.82, 2.24) is 9.88 Å². The lowest BCUT2D eigenvalue weighted by Crippen LogP contribution is -2.45. The van der Waals surface area contributed by atoms with Gasteiger partial charge in [-0.1, -0.05) is 0 Å². The molecule has 2 aromatic rings. The van der Waals surface area contributed by atoms with Crippen LogP contribution in [0, 0.1) is 0 Å². The molecule has 1 N–H and O–H groups in total. The van der Waals surface area contributed by atoms with Gasteiger partial charge in [0.1, 0.15) is 10.8 Å². The number of thiazole rings is 1. The van der Waals surface area contributed by atoms with E-state index in [0.29, 0.717) is 0 Å². The Morgan fingerprint density at radius 2 is 2.29 bits per heavy atom. The van der Waals surface area contributed by atoms with Crippen molar-refractivity contribution in [2.24, 2.45) is 0 Å². The molecule has 21 heavy (non-hydrogen) atoms. The van der Waals surface area contributed by atoms with Gasteiger partial charge in [0.2, 0.25) is 0 Å². The number of rotatable bonds is 4. The highest BCUT2D eigenvalue weighted by molar-refractivity contribution is 7.18. The minimum Gasteiger partial charge on any atom is -0.497 e. The van der Waals surface area contributed by atoms with Crippen LogP contribution in [0.1, 0.15) is 31.7 Å². The van der Waals surface area contributed by atoms with Gasteiger partial charge in [0.25, 0.3) is 0 Å². The van der Waals surface area contributed by atoms with Crippen molar-refractivity contribution in [3.8, 4) is 5.75 Å². The second-order valence-electron chi connectivity index (χ2n) is 6.22. The summed E-state index contributed by atoms with van der Waals surface area (Å²) in [6, 6.07) is 6.21. The maximum Gasteiger partial charge on any atom is 0.120 e. The zero-order valence-electron chi connectivity index (χ0n) is 12.8. The van der Waals surface area contributed by atoms with Gasteiger partial charge in [-0.05, 0) is 51.4 Å². The summed E-state index contributed by atoms with van der Waals surface area (Å²) in [6.45, 7) is 5.66. The Hall–Kier alpha value is -1.17. The van der Waals surface area contributed by atoms with Gasteiger partial charge in [-0.3, -0.25) is 4.90 Å². The average molecular weight is 306 g/mol. The van der Waals surface area contributed by atoms with Crippen LogP contribution >= 0.6 is 11.3 Å². The van der Waals surface area contributed by atoms with E-state index in [1.54, 1.807) is 18.4 Å². The van der Waals surface area contributed by atoms with E-state index in [0.717, 1.165) is 46.9 Å². The molecule has 0 aliphatic carbocycles. The third kappa shape index (κ3) is 3.05. The zero-order chi connectivity index (χ0) is 15.0. The maximum atomic E-state index is 10.3. The Kier molecular flexibility index (Phi) is 3.90. The first-order chi connectivity index (χ1) is 9.97. The topological polar surface area (TPSA) is 45.6 Å². The molecular weight excluding hydrogens is 284 g/mol. The number of hydrogen-bond acceptors (Lipinski definition) is 5. The van der Waals surface area contributed by atoms with Crippen molar-refractivity contribution < 1.29 is 9.84 Å². The molecule has 0 spiro atoms. The van der Waals surface area contributed by atoms with E-state index in [1.807, 2.05) is 32.0 Å². The lowest BCUT2D eigenvalue weighted by atomic mass is 9.97. The van der Waals surface area contributed by atoms with Crippen LogP contribution in [0.4, 0.5) is 0 Å². The summed E-state index contributed by atoms with van der Waals surface area (Å²) in [7, 11) is 1.68. The van der Waals surface area contributed by atoms with Crippen LogP contribution in [0.15, 0.2) is 18.2 Å². The molecule has 4 nitrogen and oxygen atoms in total. The Morgan fingerprint density at radius 1 is 1.48 bits per heavy atom. The van der Waals surface area contributed by atoms with Gasteiger partial charge in [0.15, 0.2) is 0 Å². The van der Waals surface area contributed by atoms with E-state index < -0.39 is 5.60 Å². The number of hydrogen-bond donors (Lipinski definition) is 1. The van der Waals surface area contributed by atoms with Gasteiger partial charge in [0.05, 0.1) is 29.5 Å². The molecule has 114 valence electrons. The molecule has 0 bridgehead atoms. The number of nitrogens with zero attached hydrogens (tertiary/aromatic N) is 2. The Labute approximate surface area is 129 Å². The number of benzene rings is 1. The van der Waals surface area contributed by atoms with Crippen molar-refractivity contribution in [2.45, 2.75) is 44.9 Å². The Balaban J connectivity index is 1.81. The van der Waals surface area contributed by atoms with E-state index in [1.165, 1.54) is 0 Å². The van der Waals surface area contributed by atoms with Crippen molar-refractivity contribution in [3.63, 3.8) is 0 Å². The number of ether oxygens (including phenoxy) is 1. The van der Waals surface area contributed by atoms with Gasteiger partial charge >= 0.3 is 0 Å². The molecule has 1 atom stereocenters. The molecule has 1 fully saturated rings. The van der Waals surface area contributed by atoms with Crippen molar-refractivity contribution >= 4 is 21.6 Å². The standard InChI is InChI=1S/C16H22N2O2S/c1-16(2,19)14-5-4-8-18(14)10-15-17-12-7-6-11(20-3)9-13(12)21-15/h6-7,9,14,19H,4-5,8,10H2,1-3H3. The Morgan fingerprint density at radius 3 is 3.00 bits per heavy atom. The zero-order valence-corrected chi connectivity index (χ0v) is 13.6. The molecule has 0 radical (unpaired) electrons. The van der Waals surface area contributed by atoms with E-state index in [2.05, 4.69) is 4.90 Å². The molecule has 1 aliphatic heterocycles. The van der Waals surface area contributed by atoms with Crippen molar-refractivity contribution in [2.75, 3.05) is 13.7 Å². The molecule has 5 heteroatoms. The predicted octanol–water partition coefficient (Wildman–Crippen LogP) is 3.04. The molecule has 3 rings (SSSR count). The molecule has 1 saturated heterocycles. The highest BCUT2D eigenvalue weighted by Crippen LogP contribution is 2.31. The summed E-state index contributed by atoms with van der Waals surface area (Å²) in [5, 5.41) is 11.4.